The molecule has 0 N–H and O–H groups in total. The monoisotopic (exact) mass is 208 g/mol. The summed E-state index contributed by atoms with van der Waals surface area (Å²) in [6.45, 7) is 6.26. The molecule has 0 unspecified atom stereocenters. The van der Waals surface area contributed by atoms with E-state index in [0.29, 0.717) is 5.78 Å². The lowest BCUT2D eigenvalue weighted by atomic mass is 9.76. The number of rotatable bonds is 1. The highest BCUT2D eigenvalue weighted by Gasteiger charge is 2.35. The molecule has 0 aromatic carbocycles. The van der Waals surface area contributed by atoms with Gasteiger partial charge in [-0.3, -0.25) is 4.79 Å². The van der Waals surface area contributed by atoms with E-state index in [1.165, 1.54) is 10.4 Å². The standard InChI is InChI=1S/C12H16OS/c1-4-9-7-8-5-6-12(2,3)11(13)10(8)14-9/h7H,4-6H2,1-3H3. The quantitative estimate of drug-likeness (QED) is 0.690. The molecule has 0 bridgehead atoms. The molecule has 14 heavy (non-hydrogen) atoms. The third kappa shape index (κ3) is 1.42. The fraction of sp³-hybridized carbons (Fsp3) is 0.583. The summed E-state index contributed by atoms with van der Waals surface area (Å²) in [4.78, 5) is 14.5. The number of hydrogen-bond acceptors (Lipinski definition) is 2. The Morgan fingerprint density at radius 3 is 2.86 bits per heavy atom. The van der Waals surface area contributed by atoms with Crippen LogP contribution in [0.15, 0.2) is 6.07 Å². The number of carbonyl (C=O) groups is 1. The Kier molecular flexibility index (Phi) is 2.26. The molecule has 0 spiro atoms. The molecule has 2 rings (SSSR count). The molecule has 0 aliphatic heterocycles. The van der Waals surface area contributed by atoms with Gasteiger partial charge in [0.15, 0.2) is 5.78 Å². The van der Waals surface area contributed by atoms with Crippen molar-refractivity contribution in [2.45, 2.75) is 40.0 Å². The number of ketones is 1. The van der Waals surface area contributed by atoms with Gasteiger partial charge in [0.25, 0.3) is 0 Å². The molecular weight excluding hydrogens is 192 g/mol. The maximum Gasteiger partial charge on any atom is 0.178 e. The van der Waals surface area contributed by atoms with Crippen molar-refractivity contribution >= 4 is 17.1 Å². The number of hydrogen-bond donors (Lipinski definition) is 0. The minimum Gasteiger partial charge on any atom is -0.293 e. The normalized spacial score (nSPS) is 19.5. The van der Waals surface area contributed by atoms with Crippen molar-refractivity contribution in [1.29, 1.82) is 0 Å². The Morgan fingerprint density at radius 1 is 1.50 bits per heavy atom. The van der Waals surface area contributed by atoms with Crippen molar-refractivity contribution in [3.8, 4) is 0 Å². The molecule has 0 amide bonds. The first-order chi connectivity index (χ1) is 6.54. The molecule has 0 saturated heterocycles. The van der Waals surface area contributed by atoms with Crippen LogP contribution in [-0.4, -0.2) is 5.78 Å². The number of fused-ring (bicyclic) bond motifs is 1. The van der Waals surface area contributed by atoms with Crippen LogP contribution in [-0.2, 0) is 12.8 Å². The second kappa shape index (κ2) is 3.20. The van der Waals surface area contributed by atoms with Gasteiger partial charge < -0.3 is 0 Å². The number of aryl methyl sites for hydroxylation is 2. The van der Waals surface area contributed by atoms with Gasteiger partial charge in [0, 0.05) is 10.3 Å². The summed E-state index contributed by atoms with van der Waals surface area (Å²) in [6.07, 6.45) is 3.12. The maximum atomic E-state index is 12.1. The smallest absolute Gasteiger partial charge is 0.178 e. The van der Waals surface area contributed by atoms with Crippen LogP contribution in [0.1, 0.15) is 47.3 Å². The molecule has 1 aromatic rings. The first-order valence-electron chi connectivity index (χ1n) is 5.21. The zero-order valence-corrected chi connectivity index (χ0v) is 9.83. The van der Waals surface area contributed by atoms with E-state index in [0.717, 1.165) is 24.1 Å². The van der Waals surface area contributed by atoms with Crippen molar-refractivity contribution in [2.75, 3.05) is 0 Å². The summed E-state index contributed by atoms with van der Waals surface area (Å²) < 4.78 is 0. The second-order valence-corrected chi connectivity index (χ2v) is 5.77. The number of thiophene rings is 1. The molecule has 1 aromatic heterocycles. The molecule has 1 aliphatic rings. The predicted octanol–water partition coefficient (Wildman–Crippen LogP) is 3.47. The van der Waals surface area contributed by atoms with Crippen LogP contribution in [0.3, 0.4) is 0 Å². The van der Waals surface area contributed by atoms with E-state index < -0.39 is 0 Å². The lowest BCUT2D eigenvalue weighted by Gasteiger charge is -2.27. The van der Waals surface area contributed by atoms with E-state index in [1.807, 2.05) is 0 Å². The van der Waals surface area contributed by atoms with Crippen LogP contribution < -0.4 is 0 Å². The van der Waals surface area contributed by atoms with Crippen LogP contribution >= 0.6 is 11.3 Å². The van der Waals surface area contributed by atoms with E-state index in [-0.39, 0.29) is 5.41 Å². The molecular formula is C12H16OS. The van der Waals surface area contributed by atoms with Crippen LogP contribution in [0.4, 0.5) is 0 Å². The van der Waals surface area contributed by atoms with Gasteiger partial charge in [0.2, 0.25) is 0 Å². The highest BCUT2D eigenvalue weighted by molar-refractivity contribution is 7.14. The summed E-state index contributed by atoms with van der Waals surface area (Å²) in [5, 5.41) is 0. The molecule has 0 atom stereocenters. The molecule has 1 aliphatic carbocycles. The van der Waals surface area contributed by atoms with Gasteiger partial charge in [0.05, 0.1) is 4.88 Å². The van der Waals surface area contributed by atoms with Crippen LogP contribution in [0, 0.1) is 5.41 Å². The van der Waals surface area contributed by atoms with Crippen molar-refractivity contribution < 1.29 is 4.79 Å². The third-order valence-corrected chi connectivity index (χ3v) is 4.37. The van der Waals surface area contributed by atoms with E-state index in [2.05, 4.69) is 26.8 Å². The van der Waals surface area contributed by atoms with Crippen molar-refractivity contribution in [2.24, 2.45) is 5.41 Å². The average molecular weight is 208 g/mol. The van der Waals surface area contributed by atoms with Gasteiger partial charge in [-0.05, 0) is 30.9 Å². The molecule has 0 saturated carbocycles. The van der Waals surface area contributed by atoms with Crippen LogP contribution in [0.25, 0.3) is 0 Å². The first kappa shape index (κ1) is 9.91. The molecule has 0 radical (unpaired) electrons. The fourth-order valence-electron chi connectivity index (χ4n) is 1.91. The van der Waals surface area contributed by atoms with Crippen molar-refractivity contribution in [3.05, 3.63) is 21.4 Å². The Morgan fingerprint density at radius 2 is 2.21 bits per heavy atom. The topological polar surface area (TPSA) is 17.1 Å². The average Bonchev–Trinajstić information content (AvgIpc) is 2.55. The highest BCUT2D eigenvalue weighted by Crippen LogP contribution is 2.38. The van der Waals surface area contributed by atoms with E-state index in [1.54, 1.807) is 11.3 Å². The first-order valence-corrected chi connectivity index (χ1v) is 6.02. The second-order valence-electron chi connectivity index (χ2n) is 4.63. The van der Waals surface area contributed by atoms with Crippen LogP contribution in [0.2, 0.25) is 0 Å². The Bertz CT molecular complexity index is 374. The number of carbonyl (C=O) groups excluding carboxylic acids is 1. The maximum absolute atomic E-state index is 12.1. The van der Waals surface area contributed by atoms with Gasteiger partial charge in [-0.25, -0.2) is 0 Å². The van der Waals surface area contributed by atoms with Gasteiger partial charge in [-0.15, -0.1) is 11.3 Å². The SMILES string of the molecule is CCc1cc2c(s1)C(=O)C(C)(C)CC2. The summed E-state index contributed by atoms with van der Waals surface area (Å²) in [7, 11) is 0. The van der Waals surface area contributed by atoms with Gasteiger partial charge in [-0.1, -0.05) is 20.8 Å². The fourth-order valence-corrected chi connectivity index (χ4v) is 3.17. The molecule has 1 heterocycles. The Labute approximate surface area is 89.1 Å². The predicted molar refractivity (Wildman–Crippen MR) is 60.1 cm³/mol. The zero-order chi connectivity index (χ0) is 10.3. The van der Waals surface area contributed by atoms with Crippen LogP contribution in [0.5, 0.6) is 0 Å². The minimum atomic E-state index is -0.136. The molecule has 1 nitrogen and oxygen atoms in total. The van der Waals surface area contributed by atoms with E-state index in [4.69, 9.17) is 0 Å². The Hall–Kier alpha value is -0.630. The van der Waals surface area contributed by atoms with Gasteiger partial charge in [0.1, 0.15) is 0 Å². The summed E-state index contributed by atoms with van der Waals surface area (Å²) >= 11 is 1.70. The lowest BCUT2D eigenvalue weighted by molar-refractivity contribution is 0.0816. The zero-order valence-electron chi connectivity index (χ0n) is 9.02. The molecule has 2 heteroatoms. The van der Waals surface area contributed by atoms with Gasteiger partial charge in [-0.2, -0.15) is 0 Å². The van der Waals surface area contributed by atoms with E-state index in [9.17, 15) is 4.79 Å². The third-order valence-electron chi connectivity index (χ3n) is 3.05. The largest absolute Gasteiger partial charge is 0.293 e. The minimum absolute atomic E-state index is 0.136. The molecule has 0 fully saturated rings. The Balaban J connectivity index is 2.45. The lowest BCUT2D eigenvalue weighted by Crippen LogP contribution is -2.28. The van der Waals surface area contributed by atoms with Crippen molar-refractivity contribution in [1.82, 2.24) is 0 Å². The van der Waals surface area contributed by atoms with E-state index >= 15 is 0 Å². The molecule has 76 valence electrons. The summed E-state index contributed by atoms with van der Waals surface area (Å²) in [5.74, 6) is 0.350. The number of Topliss-reactive ketones (excluding diaryl/α,β-unsaturated/α-hetero) is 1. The highest BCUT2D eigenvalue weighted by atomic mass is 32.1. The summed E-state index contributed by atoms with van der Waals surface area (Å²) in [6, 6.07) is 2.22. The van der Waals surface area contributed by atoms with Gasteiger partial charge >= 0.3 is 0 Å². The summed E-state index contributed by atoms with van der Waals surface area (Å²) in [5.41, 5.74) is 1.15. The van der Waals surface area contributed by atoms with Crippen molar-refractivity contribution in [3.63, 3.8) is 0 Å².